The summed E-state index contributed by atoms with van der Waals surface area (Å²) in [5.74, 6) is -0.846. The molecule has 4 aromatic rings. The summed E-state index contributed by atoms with van der Waals surface area (Å²) >= 11 is 1.14. The second kappa shape index (κ2) is 10.3. The van der Waals surface area contributed by atoms with Crippen LogP contribution in [0.4, 0.5) is 15.8 Å². The van der Waals surface area contributed by atoms with Gasteiger partial charge in [-0.2, -0.15) is 0 Å². The molecule has 9 heteroatoms. The average molecular weight is 477 g/mol. The lowest BCUT2D eigenvalue weighted by Gasteiger charge is -2.13. The maximum absolute atomic E-state index is 13.3. The normalized spacial score (nSPS) is 10.8. The zero-order chi connectivity index (χ0) is 24.1. The molecule has 0 aliphatic rings. The number of halogens is 1. The molecule has 0 radical (unpaired) electrons. The second-order valence-electron chi connectivity index (χ2n) is 7.53. The van der Waals surface area contributed by atoms with E-state index < -0.39 is 0 Å². The standard InChI is InChI=1S/C25H21FN4O3S/c1-16(31)27-19-5-4-6-20(13-19)28-23(32)15-34-25-29-22-8-3-2-7-21(22)24(33)30(25)14-17-9-11-18(26)12-10-17/h2-13H,14-15H2,1H3,(H,27,31)(H,28,32). The molecule has 2 amide bonds. The fourth-order valence-electron chi connectivity index (χ4n) is 3.37. The molecule has 0 fully saturated rings. The van der Waals surface area contributed by atoms with Crippen LogP contribution < -0.4 is 16.2 Å². The van der Waals surface area contributed by atoms with E-state index >= 15 is 0 Å². The van der Waals surface area contributed by atoms with E-state index in [1.807, 2.05) is 0 Å². The average Bonchev–Trinajstić information content (AvgIpc) is 2.81. The fraction of sp³-hybridized carbons (Fsp3) is 0.120. The number of thioether (sulfide) groups is 1. The van der Waals surface area contributed by atoms with E-state index in [9.17, 15) is 18.8 Å². The molecule has 3 aromatic carbocycles. The Morgan fingerprint density at radius 2 is 1.68 bits per heavy atom. The van der Waals surface area contributed by atoms with Crippen LogP contribution in [0, 0.1) is 5.82 Å². The predicted molar refractivity (Wildman–Crippen MR) is 132 cm³/mol. The lowest BCUT2D eigenvalue weighted by molar-refractivity contribution is -0.114. The van der Waals surface area contributed by atoms with E-state index in [1.165, 1.54) is 23.6 Å². The Balaban J connectivity index is 1.56. The largest absolute Gasteiger partial charge is 0.326 e. The van der Waals surface area contributed by atoms with Crippen LogP contribution >= 0.6 is 11.8 Å². The van der Waals surface area contributed by atoms with Crippen LogP contribution in [-0.4, -0.2) is 27.1 Å². The molecule has 4 rings (SSSR count). The van der Waals surface area contributed by atoms with Gasteiger partial charge in [0.1, 0.15) is 5.82 Å². The number of para-hydroxylation sites is 1. The third-order valence-electron chi connectivity index (χ3n) is 4.88. The first-order valence-electron chi connectivity index (χ1n) is 10.4. The number of anilines is 2. The van der Waals surface area contributed by atoms with E-state index in [0.717, 1.165) is 17.3 Å². The topological polar surface area (TPSA) is 93.1 Å². The van der Waals surface area contributed by atoms with Crippen LogP contribution in [0.2, 0.25) is 0 Å². The summed E-state index contributed by atoms with van der Waals surface area (Å²) in [6, 6.07) is 19.7. The van der Waals surface area contributed by atoms with E-state index in [2.05, 4.69) is 15.6 Å². The molecular formula is C25H21FN4O3S. The summed E-state index contributed by atoms with van der Waals surface area (Å²) in [6.45, 7) is 1.60. The highest BCUT2D eigenvalue weighted by molar-refractivity contribution is 7.99. The predicted octanol–water partition coefficient (Wildman–Crippen LogP) is 4.27. The first kappa shape index (κ1) is 23.2. The number of rotatable bonds is 7. The molecular weight excluding hydrogens is 455 g/mol. The molecule has 0 saturated carbocycles. The Kier molecular flexibility index (Phi) is 7.03. The van der Waals surface area contributed by atoms with Gasteiger partial charge < -0.3 is 10.6 Å². The second-order valence-corrected chi connectivity index (χ2v) is 8.47. The Labute approximate surface area is 199 Å². The van der Waals surface area contributed by atoms with Crippen molar-refractivity contribution in [1.29, 1.82) is 0 Å². The van der Waals surface area contributed by atoms with E-state index in [4.69, 9.17) is 0 Å². The van der Waals surface area contributed by atoms with Crippen molar-refractivity contribution in [3.63, 3.8) is 0 Å². The van der Waals surface area contributed by atoms with Gasteiger partial charge in [-0.1, -0.05) is 42.1 Å². The summed E-state index contributed by atoms with van der Waals surface area (Å²) in [6.07, 6.45) is 0. The van der Waals surface area contributed by atoms with Crippen molar-refractivity contribution in [3.05, 3.63) is 94.5 Å². The van der Waals surface area contributed by atoms with Gasteiger partial charge in [-0.25, -0.2) is 9.37 Å². The maximum atomic E-state index is 13.3. The quantitative estimate of drug-likeness (QED) is 0.307. The highest BCUT2D eigenvalue weighted by Gasteiger charge is 2.14. The van der Waals surface area contributed by atoms with Crippen LogP contribution in [0.5, 0.6) is 0 Å². The number of hydrogen-bond acceptors (Lipinski definition) is 5. The monoisotopic (exact) mass is 476 g/mol. The maximum Gasteiger partial charge on any atom is 0.262 e. The Bertz CT molecular complexity index is 1420. The van der Waals surface area contributed by atoms with Crippen molar-refractivity contribution in [3.8, 4) is 0 Å². The molecule has 7 nitrogen and oxygen atoms in total. The van der Waals surface area contributed by atoms with Crippen molar-refractivity contribution in [2.45, 2.75) is 18.6 Å². The number of benzene rings is 3. The van der Waals surface area contributed by atoms with E-state index in [-0.39, 0.29) is 35.5 Å². The Morgan fingerprint density at radius 3 is 2.41 bits per heavy atom. The third kappa shape index (κ3) is 5.68. The van der Waals surface area contributed by atoms with Crippen molar-refractivity contribution in [2.75, 3.05) is 16.4 Å². The van der Waals surface area contributed by atoms with Gasteiger partial charge in [0.05, 0.1) is 23.2 Å². The minimum atomic E-state index is -0.360. The van der Waals surface area contributed by atoms with Crippen molar-refractivity contribution in [1.82, 2.24) is 9.55 Å². The molecule has 0 aliphatic carbocycles. The molecule has 2 N–H and O–H groups in total. The van der Waals surface area contributed by atoms with Crippen LogP contribution in [0.3, 0.4) is 0 Å². The number of aromatic nitrogens is 2. The minimum absolute atomic E-state index is 0.0125. The molecule has 0 unspecified atom stereocenters. The minimum Gasteiger partial charge on any atom is -0.326 e. The highest BCUT2D eigenvalue weighted by atomic mass is 32.2. The van der Waals surface area contributed by atoms with Gasteiger partial charge in [-0.05, 0) is 48.0 Å². The third-order valence-corrected chi connectivity index (χ3v) is 5.86. The van der Waals surface area contributed by atoms with Crippen LogP contribution in [0.1, 0.15) is 12.5 Å². The van der Waals surface area contributed by atoms with Crippen LogP contribution in [0.15, 0.2) is 82.7 Å². The van der Waals surface area contributed by atoms with Gasteiger partial charge in [0.2, 0.25) is 11.8 Å². The molecule has 0 atom stereocenters. The lowest BCUT2D eigenvalue weighted by atomic mass is 10.2. The smallest absolute Gasteiger partial charge is 0.262 e. The summed E-state index contributed by atoms with van der Waals surface area (Å²) in [7, 11) is 0. The molecule has 0 aliphatic heterocycles. The van der Waals surface area contributed by atoms with E-state index in [0.29, 0.717) is 27.4 Å². The summed E-state index contributed by atoms with van der Waals surface area (Å²) in [5, 5.41) is 6.30. The van der Waals surface area contributed by atoms with Crippen LogP contribution in [-0.2, 0) is 16.1 Å². The highest BCUT2D eigenvalue weighted by Crippen LogP contribution is 2.20. The number of amides is 2. The van der Waals surface area contributed by atoms with Gasteiger partial charge in [0, 0.05) is 18.3 Å². The molecule has 1 aromatic heterocycles. The molecule has 34 heavy (non-hydrogen) atoms. The zero-order valence-electron chi connectivity index (χ0n) is 18.2. The van der Waals surface area contributed by atoms with Gasteiger partial charge in [0.25, 0.3) is 5.56 Å². The van der Waals surface area contributed by atoms with Crippen molar-refractivity contribution >= 4 is 45.9 Å². The molecule has 0 spiro atoms. The Hall–Kier alpha value is -3.98. The van der Waals surface area contributed by atoms with Crippen molar-refractivity contribution in [2.24, 2.45) is 0 Å². The number of hydrogen-bond donors (Lipinski definition) is 2. The first-order valence-corrected chi connectivity index (χ1v) is 11.4. The molecule has 0 bridgehead atoms. The number of nitrogens with one attached hydrogen (secondary N) is 2. The SMILES string of the molecule is CC(=O)Nc1cccc(NC(=O)CSc2nc3ccccc3c(=O)n2Cc2ccc(F)cc2)c1. The zero-order valence-corrected chi connectivity index (χ0v) is 19.1. The van der Waals surface area contributed by atoms with Gasteiger partial charge in [-0.3, -0.25) is 19.0 Å². The van der Waals surface area contributed by atoms with E-state index in [1.54, 1.807) is 60.7 Å². The number of fused-ring (bicyclic) bond motifs is 1. The Morgan fingerprint density at radius 1 is 0.971 bits per heavy atom. The number of carbonyl (C=O) groups is 2. The van der Waals surface area contributed by atoms with Gasteiger partial charge in [-0.15, -0.1) is 0 Å². The summed E-state index contributed by atoms with van der Waals surface area (Å²) < 4.78 is 14.8. The summed E-state index contributed by atoms with van der Waals surface area (Å²) in [4.78, 5) is 41.6. The molecule has 0 saturated heterocycles. The number of carbonyl (C=O) groups excluding carboxylic acids is 2. The number of nitrogens with zero attached hydrogens (tertiary/aromatic N) is 2. The van der Waals surface area contributed by atoms with Crippen molar-refractivity contribution < 1.29 is 14.0 Å². The lowest BCUT2D eigenvalue weighted by Crippen LogP contribution is -2.25. The first-order chi connectivity index (χ1) is 16.4. The van der Waals surface area contributed by atoms with Gasteiger partial charge in [0.15, 0.2) is 5.16 Å². The van der Waals surface area contributed by atoms with Gasteiger partial charge >= 0.3 is 0 Å². The fourth-order valence-corrected chi connectivity index (χ4v) is 4.17. The summed E-state index contributed by atoms with van der Waals surface area (Å²) in [5.41, 5.74) is 2.14. The van der Waals surface area contributed by atoms with Crippen LogP contribution in [0.25, 0.3) is 10.9 Å². The molecule has 1 heterocycles. The molecule has 172 valence electrons.